The van der Waals surface area contributed by atoms with Crippen molar-refractivity contribution in [3.8, 4) is 11.7 Å². The van der Waals surface area contributed by atoms with E-state index in [0.717, 1.165) is 0 Å². The van der Waals surface area contributed by atoms with Gasteiger partial charge in [0.05, 0.1) is 32.1 Å². The highest BCUT2D eigenvalue weighted by Crippen LogP contribution is 2.32. The van der Waals surface area contributed by atoms with E-state index in [1.54, 1.807) is 18.2 Å². The van der Waals surface area contributed by atoms with Crippen LogP contribution in [-0.4, -0.2) is 64.1 Å². The summed E-state index contributed by atoms with van der Waals surface area (Å²) < 4.78 is 40.1. The molecule has 2 aliphatic heterocycles. The van der Waals surface area contributed by atoms with Crippen LogP contribution in [0.5, 0.6) is 5.75 Å². The summed E-state index contributed by atoms with van der Waals surface area (Å²) in [7, 11) is 1.44. The van der Waals surface area contributed by atoms with E-state index in [1.165, 1.54) is 24.1 Å². The third-order valence-corrected chi connectivity index (χ3v) is 5.44. The molecule has 2 aromatic heterocycles. The molecule has 0 saturated carbocycles. The molecule has 178 valence electrons. The number of hydrogen-bond acceptors (Lipinski definition) is 11. The Balaban J connectivity index is 1.74. The molecule has 5 rings (SSSR count). The number of imidazole rings is 1. The highest BCUT2D eigenvalue weighted by Gasteiger charge is 2.33. The summed E-state index contributed by atoms with van der Waals surface area (Å²) in [6.45, 7) is 1.96. The first-order valence-electron chi connectivity index (χ1n) is 10.4. The van der Waals surface area contributed by atoms with Crippen LogP contribution in [-0.2, 0) is 10.4 Å². The van der Waals surface area contributed by atoms with Crippen molar-refractivity contribution < 1.29 is 18.3 Å². The predicted octanol–water partition coefficient (Wildman–Crippen LogP) is 0.536. The number of anilines is 1. The smallest absolute Gasteiger partial charge is 0.296 e. The monoisotopic (exact) mass is 472 g/mol. The Labute approximate surface area is 192 Å². The SMILES string of the molecule is COc1cccc2c1nc(C(F)F)n2-c1nc(N2CCOCC2)nc(C2(N)C=NC(N)=CN2)n1. The van der Waals surface area contributed by atoms with Crippen molar-refractivity contribution in [1.82, 2.24) is 29.8 Å². The Kier molecular flexibility index (Phi) is 5.45. The van der Waals surface area contributed by atoms with Gasteiger partial charge in [-0.15, -0.1) is 0 Å². The third-order valence-electron chi connectivity index (χ3n) is 5.44. The molecule has 0 amide bonds. The van der Waals surface area contributed by atoms with Gasteiger partial charge in [0.25, 0.3) is 6.43 Å². The van der Waals surface area contributed by atoms with E-state index >= 15 is 0 Å². The Bertz CT molecular complexity index is 1290. The van der Waals surface area contributed by atoms with Crippen molar-refractivity contribution in [3.05, 3.63) is 41.9 Å². The average Bonchev–Trinajstić information content (AvgIpc) is 3.26. The fraction of sp³-hybridized carbons (Fsp3) is 0.350. The molecule has 4 heterocycles. The summed E-state index contributed by atoms with van der Waals surface area (Å²) in [6.07, 6.45) is -0.138. The van der Waals surface area contributed by atoms with Crippen molar-refractivity contribution in [2.24, 2.45) is 16.5 Å². The van der Waals surface area contributed by atoms with Crippen LogP contribution in [0.2, 0.25) is 0 Å². The number of fused-ring (bicyclic) bond motifs is 1. The van der Waals surface area contributed by atoms with Gasteiger partial charge in [-0.05, 0) is 12.1 Å². The number of rotatable bonds is 5. The fourth-order valence-electron chi connectivity index (χ4n) is 3.72. The van der Waals surface area contributed by atoms with Gasteiger partial charge in [0.15, 0.2) is 17.3 Å². The predicted molar refractivity (Wildman–Crippen MR) is 119 cm³/mol. The molecule has 1 saturated heterocycles. The molecule has 1 fully saturated rings. The van der Waals surface area contributed by atoms with Gasteiger partial charge in [-0.2, -0.15) is 15.0 Å². The van der Waals surface area contributed by atoms with Crippen LogP contribution in [0, 0.1) is 0 Å². The summed E-state index contributed by atoms with van der Waals surface area (Å²) >= 11 is 0. The number of nitrogens with zero attached hydrogens (tertiary/aromatic N) is 7. The van der Waals surface area contributed by atoms with E-state index in [9.17, 15) is 8.78 Å². The lowest BCUT2D eigenvalue weighted by molar-refractivity contribution is 0.122. The van der Waals surface area contributed by atoms with Gasteiger partial charge in [0.1, 0.15) is 17.1 Å². The number of aromatic nitrogens is 5. The maximum absolute atomic E-state index is 14.1. The quantitative estimate of drug-likeness (QED) is 0.479. The maximum Gasteiger partial charge on any atom is 0.296 e. The normalized spacial score (nSPS) is 20.5. The second-order valence-corrected chi connectivity index (χ2v) is 7.63. The molecule has 14 heteroatoms. The molecular formula is C20H22F2N10O2. The van der Waals surface area contributed by atoms with E-state index in [-0.39, 0.29) is 29.1 Å². The van der Waals surface area contributed by atoms with Crippen LogP contribution in [0.1, 0.15) is 18.1 Å². The van der Waals surface area contributed by atoms with Crippen molar-refractivity contribution in [1.29, 1.82) is 0 Å². The number of methoxy groups -OCH3 is 1. The molecule has 2 aliphatic rings. The number of benzene rings is 1. The van der Waals surface area contributed by atoms with Gasteiger partial charge < -0.3 is 25.4 Å². The zero-order valence-corrected chi connectivity index (χ0v) is 18.2. The molecule has 1 aromatic carbocycles. The first-order chi connectivity index (χ1) is 16.4. The standard InChI is InChI=1S/C20H22F2N10O2/c1-33-12-4-2-3-11-14(12)27-16(15(21)22)32(11)19-29-17(20(24)10-25-13(23)9-26-20)28-18(30-19)31-5-7-34-8-6-31/h2-4,9-10,15,26H,5-8,23-24H2,1H3. The van der Waals surface area contributed by atoms with Crippen LogP contribution >= 0.6 is 0 Å². The minimum atomic E-state index is -2.91. The number of alkyl halides is 2. The van der Waals surface area contributed by atoms with Gasteiger partial charge >= 0.3 is 0 Å². The van der Waals surface area contributed by atoms with E-state index in [1.807, 2.05) is 4.90 Å². The van der Waals surface area contributed by atoms with Crippen molar-refractivity contribution in [2.45, 2.75) is 12.1 Å². The number of nitrogens with one attached hydrogen (secondary N) is 1. The Morgan fingerprint density at radius 3 is 2.59 bits per heavy atom. The minimum Gasteiger partial charge on any atom is -0.494 e. The van der Waals surface area contributed by atoms with E-state index < -0.39 is 17.9 Å². The van der Waals surface area contributed by atoms with Crippen molar-refractivity contribution in [2.75, 3.05) is 38.3 Å². The van der Waals surface area contributed by atoms with Crippen molar-refractivity contribution >= 4 is 23.2 Å². The largest absolute Gasteiger partial charge is 0.494 e. The Morgan fingerprint density at radius 1 is 1.15 bits per heavy atom. The second-order valence-electron chi connectivity index (χ2n) is 7.63. The molecule has 12 nitrogen and oxygen atoms in total. The van der Waals surface area contributed by atoms with Crippen molar-refractivity contribution in [3.63, 3.8) is 0 Å². The summed E-state index contributed by atoms with van der Waals surface area (Å²) in [4.78, 5) is 23.6. The van der Waals surface area contributed by atoms with Crippen LogP contribution in [0.4, 0.5) is 14.7 Å². The van der Waals surface area contributed by atoms with Gasteiger partial charge in [-0.3, -0.25) is 10.3 Å². The van der Waals surface area contributed by atoms with E-state index in [4.69, 9.17) is 20.9 Å². The van der Waals surface area contributed by atoms with Gasteiger partial charge in [-0.1, -0.05) is 6.07 Å². The number of nitrogens with two attached hydrogens (primary N) is 2. The molecule has 0 aliphatic carbocycles. The molecule has 34 heavy (non-hydrogen) atoms. The summed E-state index contributed by atoms with van der Waals surface area (Å²) in [6, 6.07) is 4.95. The molecule has 0 bridgehead atoms. The zero-order valence-electron chi connectivity index (χ0n) is 18.2. The molecule has 3 aromatic rings. The van der Waals surface area contributed by atoms with Gasteiger partial charge in [-0.25, -0.2) is 18.8 Å². The topological polar surface area (TPSA) is 155 Å². The molecule has 0 spiro atoms. The number of aliphatic imine (C=N–C) groups is 1. The lowest BCUT2D eigenvalue weighted by Gasteiger charge is -2.30. The number of halogens is 2. The Hall–Kier alpha value is -3.91. The summed E-state index contributed by atoms with van der Waals surface area (Å²) in [5, 5.41) is 2.91. The minimum absolute atomic E-state index is 0.0662. The van der Waals surface area contributed by atoms with Crippen LogP contribution in [0.15, 0.2) is 35.2 Å². The first-order valence-corrected chi connectivity index (χ1v) is 10.4. The number of para-hydroxylation sites is 1. The first kappa shape index (κ1) is 21.9. The second kappa shape index (κ2) is 8.46. The third kappa shape index (κ3) is 3.76. The lowest BCUT2D eigenvalue weighted by atomic mass is 10.1. The van der Waals surface area contributed by atoms with Crippen LogP contribution in [0.25, 0.3) is 17.0 Å². The molecule has 1 atom stereocenters. The highest BCUT2D eigenvalue weighted by atomic mass is 19.3. The van der Waals surface area contributed by atoms with Crippen LogP contribution in [0.3, 0.4) is 0 Å². The molecule has 1 unspecified atom stereocenters. The fourth-order valence-corrected chi connectivity index (χ4v) is 3.72. The van der Waals surface area contributed by atoms with E-state index in [2.05, 4.69) is 30.2 Å². The van der Waals surface area contributed by atoms with E-state index in [0.29, 0.717) is 37.6 Å². The summed E-state index contributed by atoms with van der Waals surface area (Å²) in [5.74, 6) is 0.284. The molecule has 0 radical (unpaired) electrons. The maximum atomic E-state index is 14.1. The molecule has 5 N–H and O–H groups in total. The molecular weight excluding hydrogens is 450 g/mol. The van der Waals surface area contributed by atoms with Crippen LogP contribution < -0.4 is 26.4 Å². The number of morpholine rings is 1. The van der Waals surface area contributed by atoms with Gasteiger partial charge in [0, 0.05) is 19.3 Å². The zero-order chi connectivity index (χ0) is 23.9. The number of ether oxygens (including phenoxy) is 2. The average molecular weight is 472 g/mol. The van der Waals surface area contributed by atoms with Gasteiger partial charge in [0.2, 0.25) is 11.9 Å². The highest BCUT2D eigenvalue weighted by molar-refractivity contribution is 5.84. The lowest BCUT2D eigenvalue weighted by Crippen LogP contribution is -2.53. The number of hydrogen-bond donors (Lipinski definition) is 3. The summed E-state index contributed by atoms with van der Waals surface area (Å²) in [5.41, 5.74) is 11.3. The Morgan fingerprint density at radius 2 is 1.91 bits per heavy atom.